The predicted molar refractivity (Wildman–Crippen MR) is 88.9 cm³/mol. The summed E-state index contributed by atoms with van der Waals surface area (Å²) in [5.41, 5.74) is 2.32. The zero-order chi connectivity index (χ0) is 14.5. The maximum absolute atomic E-state index is 4.92. The maximum Gasteiger partial charge on any atom is 0.152 e. The van der Waals surface area contributed by atoms with E-state index in [0.29, 0.717) is 0 Å². The monoisotopic (exact) mass is 271 g/mol. The number of pyridine rings is 1. The molecule has 0 radical (unpaired) electrons. The number of aromatic nitrogens is 1. The van der Waals surface area contributed by atoms with Crippen molar-refractivity contribution in [2.24, 2.45) is 0 Å². The summed E-state index contributed by atoms with van der Waals surface area (Å²) in [6.45, 7) is 12.7. The molecule has 0 saturated carbocycles. The van der Waals surface area contributed by atoms with E-state index in [2.05, 4.69) is 67.8 Å². The molecule has 0 fully saturated rings. The Balaban J connectivity index is 2.63. The van der Waals surface area contributed by atoms with Gasteiger partial charge in [-0.2, -0.15) is 0 Å². The van der Waals surface area contributed by atoms with Gasteiger partial charge in [0.15, 0.2) is 5.82 Å². The Bertz CT molecular complexity index is 507. The molecule has 2 rings (SSSR count). The van der Waals surface area contributed by atoms with Crippen LogP contribution in [-0.2, 0) is 0 Å². The maximum atomic E-state index is 4.92. The van der Waals surface area contributed by atoms with Crippen LogP contribution in [0.25, 0.3) is 10.9 Å². The lowest BCUT2D eigenvalue weighted by molar-refractivity contribution is 0.820. The van der Waals surface area contributed by atoms with Gasteiger partial charge in [0.05, 0.1) is 11.2 Å². The van der Waals surface area contributed by atoms with E-state index in [1.807, 2.05) is 0 Å². The topological polar surface area (TPSA) is 19.4 Å². The molecule has 1 aromatic carbocycles. The van der Waals surface area contributed by atoms with Crippen LogP contribution in [0.2, 0.25) is 0 Å². The van der Waals surface area contributed by atoms with Crippen molar-refractivity contribution < 1.29 is 0 Å². The van der Waals surface area contributed by atoms with Gasteiger partial charge in [-0.05, 0) is 39.8 Å². The first-order valence-corrected chi connectivity index (χ1v) is 7.64. The van der Waals surface area contributed by atoms with Crippen LogP contribution in [0.5, 0.6) is 0 Å². The van der Waals surface area contributed by atoms with Crippen LogP contribution < -0.4 is 9.80 Å². The van der Waals surface area contributed by atoms with E-state index in [4.69, 9.17) is 4.98 Å². The van der Waals surface area contributed by atoms with Gasteiger partial charge >= 0.3 is 0 Å². The number of hydrogen-bond donors (Lipinski definition) is 0. The smallest absolute Gasteiger partial charge is 0.152 e. The summed E-state index contributed by atoms with van der Waals surface area (Å²) in [6, 6.07) is 10.6. The molecule has 3 nitrogen and oxygen atoms in total. The molecule has 0 amide bonds. The quantitative estimate of drug-likeness (QED) is 0.793. The molecule has 2 aromatic rings. The summed E-state index contributed by atoms with van der Waals surface area (Å²) in [7, 11) is 0. The Labute approximate surface area is 122 Å². The van der Waals surface area contributed by atoms with E-state index in [1.54, 1.807) is 0 Å². The fourth-order valence-electron chi connectivity index (χ4n) is 2.65. The first kappa shape index (κ1) is 14.6. The van der Waals surface area contributed by atoms with Crippen LogP contribution in [0.1, 0.15) is 27.7 Å². The van der Waals surface area contributed by atoms with Crippen LogP contribution in [0.4, 0.5) is 11.5 Å². The third-order valence-corrected chi connectivity index (χ3v) is 3.85. The fourth-order valence-corrected chi connectivity index (χ4v) is 2.65. The summed E-state index contributed by atoms with van der Waals surface area (Å²) in [6.07, 6.45) is 0. The highest BCUT2D eigenvalue weighted by Gasteiger charge is 2.15. The highest BCUT2D eigenvalue weighted by molar-refractivity contribution is 5.87. The average Bonchev–Trinajstić information content (AvgIpc) is 2.50. The third kappa shape index (κ3) is 2.72. The lowest BCUT2D eigenvalue weighted by Crippen LogP contribution is -2.29. The Kier molecular flexibility index (Phi) is 4.83. The van der Waals surface area contributed by atoms with Gasteiger partial charge in [-0.25, -0.2) is 4.98 Å². The van der Waals surface area contributed by atoms with Crippen LogP contribution in [0, 0.1) is 0 Å². The molecule has 0 aliphatic heterocycles. The molecular weight excluding hydrogens is 246 g/mol. The molecule has 0 unspecified atom stereocenters. The van der Waals surface area contributed by atoms with Crippen LogP contribution >= 0.6 is 0 Å². The second-order valence-electron chi connectivity index (χ2n) is 4.87. The van der Waals surface area contributed by atoms with Gasteiger partial charge in [0, 0.05) is 31.6 Å². The van der Waals surface area contributed by atoms with Gasteiger partial charge in [-0.3, -0.25) is 0 Å². The molecule has 20 heavy (non-hydrogen) atoms. The normalized spacial score (nSPS) is 10.8. The summed E-state index contributed by atoms with van der Waals surface area (Å²) < 4.78 is 0. The van der Waals surface area contributed by atoms with Crippen molar-refractivity contribution in [3.05, 3.63) is 30.3 Å². The van der Waals surface area contributed by atoms with Gasteiger partial charge in [0.25, 0.3) is 0 Å². The average molecular weight is 271 g/mol. The van der Waals surface area contributed by atoms with Gasteiger partial charge in [-0.1, -0.05) is 18.2 Å². The van der Waals surface area contributed by atoms with Crippen LogP contribution in [0.3, 0.4) is 0 Å². The number of fused-ring (bicyclic) bond motifs is 1. The zero-order valence-corrected chi connectivity index (χ0v) is 13.1. The van der Waals surface area contributed by atoms with Gasteiger partial charge in [0.2, 0.25) is 0 Å². The minimum Gasteiger partial charge on any atom is -0.369 e. The van der Waals surface area contributed by atoms with Crippen molar-refractivity contribution in [2.75, 3.05) is 36.0 Å². The van der Waals surface area contributed by atoms with Crippen molar-refractivity contribution in [1.82, 2.24) is 4.98 Å². The van der Waals surface area contributed by atoms with E-state index >= 15 is 0 Å². The number of para-hydroxylation sites is 1. The molecule has 0 spiro atoms. The van der Waals surface area contributed by atoms with Crippen LogP contribution in [-0.4, -0.2) is 31.2 Å². The second-order valence-corrected chi connectivity index (χ2v) is 4.87. The molecule has 108 valence electrons. The highest BCUT2D eigenvalue weighted by atomic mass is 15.2. The minimum atomic E-state index is 0.982. The molecule has 1 heterocycles. The standard InChI is InChI=1S/C17H25N3/c1-5-19(6-2)16-13-14-11-9-10-12-15(14)18-17(16)20(7-3)8-4/h9-13H,5-8H2,1-4H3. The number of rotatable bonds is 6. The van der Waals surface area contributed by atoms with E-state index in [1.165, 1.54) is 11.1 Å². The van der Waals surface area contributed by atoms with Crippen LogP contribution in [0.15, 0.2) is 30.3 Å². The minimum absolute atomic E-state index is 0.982. The highest BCUT2D eigenvalue weighted by Crippen LogP contribution is 2.31. The number of benzene rings is 1. The summed E-state index contributed by atoms with van der Waals surface area (Å²) in [5.74, 6) is 1.11. The van der Waals surface area contributed by atoms with Gasteiger partial charge < -0.3 is 9.80 Å². The summed E-state index contributed by atoms with van der Waals surface area (Å²) in [5, 5.41) is 1.21. The van der Waals surface area contributed by atoms with E-state index in [9.17, 15) is 0 Å². The second kappa shape index (κ2) is 6.60. The van der Waals surface area contributed by atoms with Crippen molar-refractivity contribution in [3.63, 3.8) is 0 Å². The molecule has 0 N–H and O–H groups in total. The Morgan fingerprint density at radius 3 is 2.05 bits per heavy atom. The van der Waals surface area contributed by atoms with Gasteiger partial charge in [-0.15, -0.1) is 0 Å². The first-order valence-electron chi connectivity index (χ1n) is 7.64. The molecule has 0 atom stereocenters. The lowest BCUT2D eigenvalue weighted by Gasteiger charge is -2.29. The summed E-state index contributed by atoms with van der Waals surface area (Å²) in [4.78, 5) is 9.63. The van der Waals surface area contributed by atoms with Crippen molar-refractivity contribution in [1.29, 1.82) is 0 Å². The molecule has 1 aromatic heterocycles. The van der Waals surface area contributed by atoms with Crippen molar-refractivity contribution in [3.8, 4) is 0 Å². The predicted octanol–water partition coefficient (Wildman–Crippen LogP) is 3.93. The molecule has 0 saturated heterocycles. The molecule has 0 aliphatic rings. The molecule has 0 bridgehead atoms. The molecule has 3 heteroatoms. The Morgan fingerprint density at radius 1 is 0.850 bits per heavy atom. The third-order valence-electron chi connectivity index (χ3n) is 3.85. The number of anilines is 2. The first-order chi connectivity index (χ1) is 9.74. The summed E-state index contributed by atoms with van der Waals surface area (Å²) >= 11 is 0. The Hall–Kier alpha value is -1.77. The zero-order valence-electron chi connectivity index (χ0n) is 13.1. The molecule has 0 aliphatic carbocycles. The van der Waals surface area contributed by atoms with Crippen molar-refractivity contribution in [2.45, 2.75) is 27.7 Å². The lowest BCUT2D eigenvalue weighted by atomic mass is 10.2. The fraction of sp³-hybridized carbons (Fsp3) is 0.471. The van der Waals surface area contributed by atoms with E-state index in [0.717, 1.165) is 37.5 Å². The van der Waals surface area contributed by atoms with Gasteiger partial charge in [0.1, 0.15) is 0 Å². The van der Waals surface area contributed by atoms with Crippen molar-refractivity contribution >= 4 is 22.4 Å². The number of nitrogens with zero attached hydrogens (tertiary/aromatic N) is 3. The van der Waals surface area contributed by atoms with E-state index < -0.39 is 0 Å². The largest absolute Gasteiger partial charge is 0.369 e. The number of hydrogen-bond acceptors (Lipinski definition) is 3. The molecular formula is C17H25N3. The van der Waals surface area contributed by atoms with E-state index in [-0.39, 0.29) is 0 Å². The Morgan fingerprint density at radius 2 is 1.45 bits per heavy atom. The SMILES string of the molecule is CCN(CC)c1cc2ccccc2nc1N(CC)CC.